The lowest BCUT2D eigenvalue weighted by molar-refractivity contribution is 0.256. The second kappa shape index (κ2) is 5.53. The minimum Gasteiger partial charge on any atom is -0.307 e. The summed E-state index contributed by atoms with van der Waals surface area (Å²) in [5.41, 5.74) is 4.13. The molecule has 0 fully saturated rings. The number of para-hydroxylation sites is 1. The summed E-state index contributed by atoms with van der Waals surface area (Å²) in [5, 5.41) is 3.02. The summed E-state index contributed by atoms with van der Waals surface area (Å²) in [6.45, 7) is 4.07. The fraction of sp³-hybridized carbons (Fsp3) is 0.235. The molecule has 0 saturated carbocycles. The molecular weight excluding hydrogens is 328 g/mol. The van der Waals surface area contributed by atoms with Crippen LogP contribution in [-0.4, -0.2) is 12.1 Å². The second-order valence-electron chi connectivity index (χ2n) is 5.44. The van der Waals surface area contributed by atoms with Crippen molar-refractivity contribution in [2.45, 2.75) is 26.3 Å². The monoisotopic (exact) mass is 344 g/mol. The Morgan fingerprint density at radius 3 is 2.81 bits per heavy atom. The number of aryl methyl sites for hydroxylation is 1. The van der Waals surface area contributed by atoms with Gasteiger partial charge in [-0.2, -0.15) is 0 Å². The van der Waals surface area contributed by atoms with Crippen molar-refractivity contribution in [3.63, 3.8) is 0 Å². The molecule has 3 nitrogen and oxygen atoms in total. The van der Waals surface area contributed by atoms with E-state index in [1.807, 2.05) is 48.2 Å². The molecule has 0 radical (unpaired) electrons. The van der Waals surface area contributed by atoms with Crippen LogP contribution in [0.25, 0.3) is 0 Å². The van der Waals surface area contributed by atoms with E-state index in [0.717, 1.165) is 27.8 Å². The zero-order valence-corrected chi connectivity index (χ0v) is 13.6. The van der Waals surface area contributed by atoms with Crippen LogP contribution < -0.4 is 10.2 Å². The van der Waals surface area contributed by atoms with Gasteiger partial charge in [0.2, 0.25) is 0 Å². The molecule has 1 aliphatic heterocycles. The highest BCUT2D eigenvalue weighted by molar-refractivity contribution is 9.10. The average Bonchev–Trinajstić information content (AvgIpc) is 2.77. The summed E-state index contributed by atoms with van der Waals surface area (Å²) < 4.78 is 1.01. The maximum Gasteiger partial charge on any atom is 0.326 e. The molecule has 0 bridgehead atoms. The van der Waals surface area contributed by atoms with Gasteiger partial charge in [0.1, 0.15) is 0 Å². The lowest BCUT2D eigenvalue weighted by atomic mass is 10.1. The maximum atomic E-state index is 12.6. The van der Waals surface area contributed by atoms with Gasteiger partial charge in [-0.25, -0.2) is 4.79 Å². The van der Waals surface area contributed by atoms with Crippen LogP contribution >= 0.6 is 15.9 Å². The zero-order chi connectivity index (χ0) is 15.0. The minimum atomic E-state index is -0.0714. The van der Waals surface area contributed by atoms with Gasteiger partial charge in [-0.15, -0.1) is 0 Å². The average molecular weight is 345 g/mol. The highest BCUT2D eigenvalue weighted by atomic mass is 79.9. The van der Waals surface area contributed by atoms with Crippen LogP contribution in [0.3, 0.4) is 0 Å². The molecule has 0 spiro atoms. The first kappa shape index (κ1) is 14.1. The van der Waals surface area contributed by atoms with Crippen molar-refractivity contribution >= 4 is 33.3 Å². The van der Waals surface area contributed by atoms with Crippen LogP contribution in [-0.2, 0) is 6.42 Å². The van der Waals surface area contributed by atoms with Crippen molar-refractivity contribution in [2.75, 3.05) is 10.2 Å². The van der Waals surface area contributed by atoms with E-state index in [-0.39, 0.29) is 12.1 Å². The lowest BCUT2D eigenvalue weighted by Gasteiger charge is -2.23. The van der Waals surface area contributed by atoms with E-state index in [2.05, 4.69) is 34.2 Å². The van der Waals surface area contributed by atoms with Crippen molar-refractivity contribution in [1.82, 2.24) is 0 Å². The lowest BCUT2D eigenvalue weighted by Crippen LogP contribution is -2.39. The summed E-state index contributed by atoms with van der Waals surface area (Å²) in [4.78, 5) is 14.5. The molecule has 1 N–H and O–H groups in total. The number of nitrogens with zero attached hydrogens (tertiary/aromatic N) is 1. The van der Waals surface area contributed by atoms with Crippen molar-refractivity contribution in [3.8, 4) is 0 Å². The molecule has 2 amide bonds. The van der Waals surface area contributed by atoms with E-state index in [1.54, 1.807) is 0 Å². The van der Waals surface area contributed by atoms with Crippen LogP contribution in [0.15, 0.2) is 46.9 Å². The van der Waals surface area contributed by atoms with E-state index in [0.29, 0.717) is 0 Å². The number of urea groups is 1. The van der Waals surface area contributed by atoms with Crippen molar-refractivity contribution in [3.05, 3.63) is 58.1 Å². The van der Waals surface area contributed by atoms with Gasteiger partial charge in [-0.05, 0) is 55.7 Å². The Hall–Kier alpha value is -1.81. The Kier molecular flexibility index (Phi) is 3.72. The number of nitrogens with one attached hydrogen (secondary N) is 1. The van der Waals surface area contributed by atoms with Gasteiger partial charge in [0, 0.05) is 21.9 Å². The molecule has 1 heterocycles. The molecule has 0 aliphatic carbocycles. The highest BCUT2D eigenvalue weighted by Crippen LogP contribution is 2.32. The number of anilines is 2. The number of rotatable bonds is 1. The first-order valence-corrected chi connectivity index (χ1v) is 7.80. The SMILES string of the molecule is Cc1cc(Br)ccc1NC(=O)N1c2ccccc2CC1C. The third-order valence-corrected chi connectivity index (χ3v) is 4.35. The molecule has 108 valence electrons. The van der Waals surface area contributed by atoms with Gasteiger partial charge in [0.15, 0.2) is 0 Å². The zero-order valence-electron chi connectivity index (χ0n) is 12.1. The van der Waals surface area contributed by atoms with Crippen molar-refractivity contribution in [2.24, 2.45) is 0 Å². The molecule has 4 heteroatoms. The van der Waals surface area contributed by atoms with Gasteiger partial charge in [0.05, 0.1) is 0 Å². The summed E-state index contributed by atoms with van der Waals surface area (Å²) in [6, 6.07) is 14.0. The Morgan fingerprint density at radius 2 is 2.05 bits per heavy atom. The van der Waals surface area contributed by atoms with E-state index in [1.165, 1.54) is 5.56 Å². The second-order valence-corrected chi connectivity index (χ2v) is 6.36. The third-order valence-electron chi connectivity index (χ3n) is 3.86. The molecule has 0 aromatic heterocycles. The first-order chi connectivity index (χ1) is 10.1. The number of fused-ring (bicyclic) bond motifs is 1. The Balaban J connectivity index is 1.86. The molecule has 1 unspecified atom stereocenters. The maximum absolute atomic E-state index is 12.6. The number of benzene rings is 2. The Labute approximate surface area is 133 Å². The van der Waals surface area contributed by atoms with Crippen molar-refractivity contribution < 1.29 is 4.79 Å². The van der Waals surface area contributed by atoms with Gasteiger partial charge >= 0.3 is 6.03 Å². The van der Waals surface area contributed by atoms with E-state index >= 15 is 0 Å². The molecule has 0 saturated heterocycles. The molecule has 21 heavy (non-hydrogen) atoms. The molecule has 1 aliphatic rings. The number of hydrogen-bond donors (Lipinski definition) is 1. The van der Waals surface area contributed by atoms with Gasteiger partial charge in [0.25, 0.3) is 0 Å². The van der Waals surface area contributed by atoms with Crippen LogP contribution in [0, 0.1) is 6.92 Å². The van der Waals surface area contributed by atoms with Crippen LogP contribution in [0.2, 0.25) is 0 Å². The van der Waals surface area contributed by atoms with E-state index < -0.39 is 0 Å². The highest BCUT2D eigenvalue weighted by Gasteiger charge is 2.30. The summed E-state index contributed by atoms with van der Waals surface area (Å²) in [7, 11) is 0. The fourth-order valence-electron chi connectivity index (χ4n) is 2.82. The smallest absolute Gasteiger partial charge is 0.307 e. The Bertz CT molecular complexity index is 699. The summed E-state index contributed by atoms with van der Waals surface area (Å²) in [6.07, 6.45) is 0.906. The van der Waals surface area contributed by atoms with Crippen LogP contribution in [0.5, 0.6) is 0 Å². The topological polar surface area (TPSA) is 32.3 Å². The molecular formula is C17H17BrN2O. The number of carbonyl (C=O) groups excluding carboxylic acids is 1. The predicted molar refractivity (Wildman–Crippen MR) is 90.0 cm³/mol. The summed E-state index contributed by atoms with van der Waals surface area (Å²) in [5.74, 6) is 0. The van der Waals surface area contributed by atoms with Gasteiger partial charge in [-0.1, -0.05) is 34.1 Å². The predicted octanol–water partition coefficient (Wildman–Crippen LogP) is 4.74. The largest absolute Gasteiger partial charge is 0.326 e. The molecule has 3 rings (SSSR count). The third kappa shape index (κ3) is 2.68. The standard InChI is InChI=1S/C17H17BrN2O/c1-11-9-14(18)7-8-15(11)19-17(21)20-12(2)10-13-5-3-4-6-16(13)20/h3-9,12H,10H2,1-2H3,(H,19,21). The number of halogens is 1. The Morgan fingerprint density at radius 1 is 1.29 bits per heavy atom. The normalized spacial score (nSPS) is 16.7. The molecule has 2 aromatic rings. The minimum absolute atomic E-state index is 0.0714. The van der Waals surface area contributed by atoms with Crippen LogP contribution in [0.4, 0.5) is 16.2 Å². The number of hydrogen-bond acceptors (Lipinski definition) is 1. The molecule has 1 atom stereocenters. The number of amides is 2. The fourth-order valence-corrected chi connectivity index (χ4v) is 3.29. The van der Waals surface area contributed by atoms with Crippen molar-refractivity contribution in [1.29, 1.82) is 0 Å². The summed E-state index contributed by atoms with van der Waals surface area (Å²) >= 11 is 3.44. The van der Waals surface area contributed by atoms with Gasteiger partial charge in [-0.3, -0.25) is 4.90 Å². The van der Waals surface area contributed by atoms with E-state index in [9.17, 15) is 4.79 Å². The molecule has 2 aromatic carbocycles. The number of carbonyl (C=O) groups is 1. The van der Waals surface area contributed by atoms with E-state index in [4.69, 9.17) is 0 Å². The van der Waals surface area contributed by atoms with Gasteiger partial charge < -0.3 is 5.32 Å². The van der Waals surface area contributed by atoms with Crippen LogP contribution in [0.1, 0.15) is 18.1 Å². The quantitative estimate of drug-likeness (QED) is 0.795. The first-order valence-electron chi connectivity index (χ1n) is 7.00.